The molecule has 0 aromatic heterocycles. The van der Waals surface area contributed by atoms with Crippen LogP contribution in [0.15, 0.2) is 18.2 Å². The van der Waals surface area contributed by atoms with Crippen molar-refractivity contribution >= 4 is 31.3 Å². The summed E-state index contributed by atoms with van der Waals surface area (Å²) in [4.78, 5) is 29.3. The minimum atomic E-state index is -4.36. The van der Waals surface area contributed by atoms with Crippen LogP contribution < -0.4 is 10.6 Å². The number of carboxylic acids is 1. The molecule has 2 rings (SSSR count). The van der Waals surface area contributed by atoms with E-state index in [1.165, 1.54) is 6.07 Å². The minimum Gasteiger partial charge on any atom is -0.480 e. The van der Waals surface area contributed by atoms with Gasteiger partial charge in [0.15, 0.2) is 0 Å². The summed E-state index contributed by atoms with van der Waals surface area (Å²) in [6, 6.07) is 3.86. The molecular weight excluding hydrogens is 281 g/mol. The van der Waals surface area contributed by atoms with Gasteiger partial charge in [-0.05, 0) is 23.6 Å². The summed E-state index contributed by atoms with van der Waals surface area (Å²) >= 11 is 0. The molecule has 1 aromatic rings. The molecule has 0 saturated heterocycles. The largest absolute Gasteiger partial charge is 0.480 e. The van der Waals surface area contributed by atoms with Crippen LogP contribution in [-0.4, -0.2) is 26.9 Å². The topological polar surface area (TPSA) is 107 Å². The van der Waals surface area contributed by atoms with Crippen LogP contribution in [0.4, 0.5) is 0 Å². The van der Waals surface area contributed by atoms with Crippen molar-refractivity contribution in [1.82, 2.24) is 5.32 Å². The molecule has 0 fully saturated rings. The third-order valence-electron chi connectivity index (χ3n) is 2.81. The van der Waals surface area contributed by atoms with E-state index in [2.05, 4.69) is 5.32 Å². The molecule has 1 atom stereocenters. The Balaban J connectivity index is 0.00000162. The van der Waals surface area contributed by atoms with Crippen LogP contribution in [0.1, 0.15) is 11.1 Å². The van der Waals surface area contributed by atoms with Crippen LogP contribution in [0.5, 0.6) is 0 Å². The summed E-state index contributed by atoms with van der Waals surface area (Å²) < 4.78 is 11.3. The van der Waals surface area contributed by atoms with E-state index in [0.717, 1.165) is 5.56 Å². The van der Waals surface area contributed by atoms with Crippen LogP contribution in [0.25, 0.3) is 0 Å². The summed E-state index contributed by atoms with van der Waals surface area (Å²) in [5.41, 5.74) is 1.19. The lowest BCUT2D eigenvalue weighted by atomic mass is 9.96. The van der Waals surface area contributed by atoms with E-state index < -0.39 is 19.6 Å². The number of benzene rings is 1. The van der Waals surface area contributed by atoms with Crippen molar-refractivity contribution in [3.05, 3.63) is 29.3 Å². The highest BCUT2D eigenvalue weighted by Gasteiger charge is 2.30. The maximum Gasteiger partial charge on any atom is 0.356 e. The van der Waals surface area contributed by atoms with E-state index in [1.54, 1.807) is 12.1 Å². The Bertz CT molecular complexity index is 515. The molecule has 8 heteroatoms. The smallest absolute Gasteiger partial charge is 0.356 e. The van der Waals surface area contributed by atoms with Gasteiger partial charge in [0.05, 0.1) is 5.30 Å². The molecule has 1 unspecified atom stereocenters. The maximum atomic E-state index is 11.3. The summed E-state index contributed by atoms with van der Waals surface area (Å²) in [6.45, 7) is 0.306. The Labute approximate surface area is 110 Å². The molecule has 4 N–H and O–H groups in total. The normalized spacial score (nSPS) is 18.7. The van der Waals surface area contributed by atoms with Crippen molar-refractivity contribution in [2.75, 3.05) is 0 Å². The average molecular weight is 294 g/mol. The van der Waals surface area contributed by atoms with Gasteiger partial charge in [0.25, 0.3) is 0 Å². The van der Waals surface area contributed by atoms with E-state index in [1.807, 2.05) is 0 Å². The van der Waals surface area contributed by atoms with Gasteiger partial charge in [-0.2, -0.15) is 0 Å². The van der Waals surface area contributed by atoms with E-state index in [9.17, 15) is 19.1 Å². The Kier molecular flexibility index (Phi) is 4.53. The third-order valence-corrected chi connectivity index (χ3v) is 3.85. The summed E-state index contributed by atoms with van der Waals surface area (Å²) in [5.74, 6) is -1.02. The molecule has 1 heterocycles. The summed E-state index contributed by atoms with van der Waals surface area (Å²) in [5, 5.41) is 11.6. The van der Waals surface area contributed by atoms with Crippen molar-refractivity contribution < 1.29 is 24.3 Å². The minimum absolute atomic E-state index is 0. The lowest BCUT2D eigenvalue weighted by Gasteiger charge is -2.25. The number of nitrogens with one attached hydrogen (secondary N) is 1. The van der Waals surface area contributed by atoms with Crippen LogP contribution in [-0.2, 0) is 22.3 Å². The fraction of sp³-hybridized carbons (Fsp3) is 0.300. The second kappa shape index (κ2) is 5.38. The Morgan fingerprint density at radius 2 is 2.06 bits per heavy atom. The van der Waals surface area contributed by atoms with Crippen LogP contribution in [0.3, 0.4) is 0 Å². The molecule has 0 amide bonds. The monoisotopic (exact) mass is 293 g/mol. The zero-order chi connectivity index (χ0) is 12.6. The molecular formula is C10H13ClNO5P. The number of carbonyl (C=O) groups is 1. The quantitative estimate of drug-likeness (QED) is 0.572. The van der Waals surface area contributed by atoms with Crippen molar-refractivity contribution in [2.24, 2.45) is 0 Å². The highest BCUT2D eigenvalue weighted by molar-refractivity contribution is 7.60. The standard InChI is InChI=1S/C10H12NO5P.ClH/c12-10(13)8-4-7-6(5-11-8)2-1-3-9(7)17(14,15)16;/h1-3,8,11H,4-5H2,(H,12,13)(H2,14,15,16);1H. The maximum absolute atomic E-state index is 11.3. The van der Waals surface area contributed by atoms with Gasteiger partial charge in [-0.25, -0.2) is 0 Å². The SMILES string of the molecule is Cl.O=C(O)C1Cc2c(cccc2P(=O)(O)O)CN1. The van der Waals surface area contributed by atoms with Gasteiger partial charge >= 0.3 is 13.6 Å². The first-order valence-electron chi connectivity index (χ1n) is 5.02. The van der Waals surface area contributed by atoms with Gasteiger partial charge in [-0.3, -0.25) is 9.36 Å². The average Bonchev–Trinajstić information content (AvgIpc) is 2.26. The van der Waals surface area contributed by atoms with Crippen molar-refractivity contribution in [3.63, 3.8) is 0 Å². The first-order chi connectivity index (χ1) is 7.89. The van der Waals surface area contributed by atoms with Crippen LogP contribution in [0, 0.1) is 0 Å². The van der Waals surface area contributed by atoms with E-state index >= 15 is 0 Å². The fourth-order valence-electron chi connectivity index (χ4n) is 1.98. The highest BCUT2D eigenvalue weighted by Crippen LogP contribution is 2.36. The number of hydrogen-bond acceptors (Lipinski definition) is 3. The van der Waals surface area contributed by atoms with Gasteiger partial charge in [0.2, 0.25) is 0 Å². The van der Waals surface area contributed by atoms with Crippen LogP contribution >= 0.6 is 20.0 Å². The lowest BCUT2D eigenvalue weighted by Crippen LogP contribution is -2.43. The zero-order valence-electron chi connectivity index (χ0n) is 9.24. The second-order valence-electron chi connectivity index (χ2n) is 3.93. The van der Waals surface area contributed by atoms with Crippen molar-refractivity contribution in [3.8, 4) is 0 Å². The molecule has 100 valence electrons. The number of rotatable bonds is 2. The molecule has 0 radical (unpaired) electrons. The molecule has 0 bridgehead atoms. The van der Waals surface area contributed by atoms with Crippen LogP contribution in [0.2, 0.25) is 0 Å². The van der Waals surface area contributed by atoms with Gasteiger partial charge in [0, 0.05) is 6.54 Å². The summed E-state index contributed by atoms with van der Waals surface area (Å²) in [6.07, 6.45) is 0.0892. The Hall–Kier alpha value is -0.910. The molecule has 1 aliphatic heterocycles. The van der Waals surface area contributed by atoms with Gasteiger partial charge in [0.1, 0.15) is 6.04 Å². The van der Waals surface area contributed by atoms with Crippen molar-refractivity contribution in [1.29, 1.82) is 0 Å². The number of aliphatic carboxylic acids is 1. The number of halogens is 1. The predicted octanol–water partition coefficient (Wildman–Crippen LogP) is 0.0103. The number of carboxylic acid groups (broad SMARTS) is 1. The molecule has 0 saturated carbocycles. The molecule has 0 aliphatic carbocycles. The molecule has 1 aliphatic rings. The summed E-state index contributed by atoms with van der Waals surface area (Å²) in [7, 11) is -4.36. The van der Waals surface area contributed by atoms with Crippen molar-refractivity contribution in [2.45, 2.75) is 19.0 Å². The van der Waals surface area contributed by atoms with E-state index in [0.29, 0.717) is 12.1 Å². The first-order valence-corrected chi connectivity index (χ1v) is 6.64. The third kappa shape index (κ3) is 2.91. The zero-order valence-corrected chi connectivity index (χ0v) is 10.9. The Morgan fingerprint density at radius 3 is 2.61 bits per heavy atom. The molecule has 0 spiro atoms. The highest BCUT2D eigenvalue weighted by atomic mass is 35.5. The van der Waals surface area contributed by atoms with Gasteiger partial charge in [-0.15, -0.1) is 12.4 Å². The van der Waals surface area contributed by atoms with Gasteiger partial charge < -0.3 is 20.2 Å². The molecule has 6 nitrogen and oxygen atoms in total. The second-order valence-corrected chi connectivity index (χ2v) is 5.50. The van der Waals surface area contributed by atoms with E-state index in [-0.39, 0.29) is 24.1 Å². The van der Waals surface area contributed by atoms with Gasteiger partial charge in [-0.1, -0.05) is 12.1 Å². The Morgan fingerprint density at radius 1 is 1.39 bits per heavy atom. The number of hydrogen-bond donors (Lipinski definition) is 4. The molecule has 18 heavy (non-hydrogen) atoms. The number of fused-ring (bicyclic) bond motifs is 1. The lowest BCUT2D eigenvalue weighted by molar-refractivity contribution is -0.139. The molecule has 1 aromatic carbocycles. The van der Waals surface area contributed by atoms with E-state index in [4.69, 9.17) is 5.11 Å². The predicted molar refractivity (Wildman–Crippen MR) is 67.3 cm³/mol. The fourth-order valence-corrected chi connectivity index (χ4v) is 2.85. The first kappa shape index (κ1) is 15.1.